The standard InChI is InChI=1S/C24H22N6O4S2/c1-29(2)36(33,34)18-12-8-9-16(15-18)25-24(35)27-26-22(31)21-19-13-6-7-14-20(19)23(32)30(28-21)17-10-4-3-5-11-17/h3-15H,1-2H3,(H,26,31)(H2,25,27,35). The molecular formula is C24H22N6O4S2. The number of nitrogens with one attached hydrogen (secondary N) is 3. The van der Waals surface area contributed by atoms with Crippen LogP contribution in [0.1, 0.15) is 10.5 Å². The Kier molecular flexibility index (Phi) is 7.10. The second kappa shape index (κ2) is 10.2. The molecule has 4 aromatic rings. The normalized spacial score (nSPS) is 11.3. The van der Waals surface area contributed by atoms with Gasteiger partial charge >= 0.3 is 0 Å². The smallest absolute Gasteiger partial charge is 0.290 e. The molecule has 12 heteroatoms. The Bertz CT molecular complexity index is 1620. The lowest BCUT2D eigenvalue weighted by atomic mass is 10.1. The maximum Gasteiger partial charge on any atom is 0.290 e. The second-order valence-electron chi connectivity index (χ2n) is 7.80. The lowest BCUT2D eigenvalue weighted by Crippen LogP contribution is -2.44. The predicted octanol–water partition coefficient (Wildman–Crippen LogP) is 2.27. The van der Waals surface area contributed by atoms with Crippen molar-refractivity contribution in [2.75, 3.05) is 19.4 Å². The molecule has 1 aromatic heterocycles. The summed E-state index contributed by atoms with van der Waals surface area (Å²) in [6.07, 6.45) is 0. The van der Waals surface area contributed by atoms with Crippen molar-refractivity contribution in [3.05, 3.63) is 94.9 Å². The summed E-state index contributed by atoms with van der Waals surface area (Å²) in [5, 5.41) is 7.87. The van der Waals surface area contributed by atoms with Crippen molar-refractivity contribution < 1.29 is 13.2 Å². The summed E-state index contributed by atoms with van der Waals surface area (Å²) in [6.45, 7) is 0. The average Bonchev–Trinajstić information content (AvgIpc) is 2.88. The van der Waals surface area contributed by atoms with Gasteiger partial charge in [0.25, 0.3) is 11.5 Å². The number of fused-ring (bicyclic) bond motifs is 1. The van der Waals surface area contributed by atoms with E-state index in [9.17, 15) is 18.0 Å². The number of hydrogen-bond donors (Lipinski definition) is 3. The van der Waals surface area contributed by atoms with Gasteiger partial charge in [0.05, 0.1) is 16.0 Å². The first-order valence-electron chi connectivity index (χ1n) is 10.7. The molecule has 0 unspecified atom stereocenters. The number of para-hydroxylation sites is 1. The highest BCUT2D eigenvalue weighted by atomic mass is 32.2. The number of anilines is 1. The summed E-state index contributed by atoms with van der Waals surface area (Å²) in [5.74, 6) is -0.621. The van der Waals surface area contributed by atoms with E-state index < -0.39 is 15.9 Å². The topological polar surface area (TPSA) is 125 Å². The number of aromatic nitrogens is 2. The van der Waals surface area contributed by atoms with Gasteiger partial charge in [-0.15, -0.1) is 0 Å². The van der Waals surface area contributed by atoms with Crippen LogP contribution in [0, 0.1) is 0 Å². The molecule has 1 amide bonds. The van der Waals surface area contributed by atoms with E-state index in [1.165, 1.54) is 30.9 Å². The van der Waals surface area contributed by atoms with E-state index in [1.54, 1.807) is 60.7 Å². The first-order chi connectivity index (χ1) is 17.2. The number of amides is 1. The zero-order chi connectivity index (χ0) is 25.9. The average molecular weight is 523 g/mol. The molecular weight excluding hydrogens is 500 g/mol. The molecule has 184 valence electrons. The van der Waals surface area contributed by atoms with E-state index in [0.717, 1.165) is 4.31 Å². The zero-order valence-electron chi connectivity index (χ0n) is 19.3. The van der Waals surface area contributed by atoms with Crippen LogP contribution in [-0.4, -0.2) is 47.6 Å². The Labute approximate surface area is 212 Å². The van der Waals surface area contributed by atoms with E-state index in [2.05, 4.69) is 21.3 Å². The number of benzene rings is 3. The monoisotopic (exact) mass is 522 g/mol. The molecule has 0 aliphatic rings. The predicted molar refractivity (Wildman–Crippen MR) is 141 cm³/mol. The lowest BCUT2D eigenvalue weighted by molar-refractivity contribution is 0.0939. The minimum atomic E-state index is -3.62. The van der Waals surface area contributed by atoms with E-state index in [0.29, 0.717) is 22.1 Å². The molecule has 0 bridgehead atoms. The summed E-state index contributed by atoms with van der Waals surface area (Å²) in [5.41, 5.74) is 5.64. The summed E-state index contributed by atoms with van der Waals surface area (Å²) < 4.78 is 27.0. The highest BCUT2D eigenvalue weighted by Crippen LogP contribution is 2.18. The minimum Gasteiger partial charge on any atom is -0.331 e. The third-order valence-electron chi connectivity index (χ3n) is 5.18. The second-order valence-corrected chi connectivity index (χ2v) is 10.4. The lowest BCUT2D eigenvalue weighted by Gasteiger charge is -2.15. The van der Waals surface area contributed by atoms with Gasteiger partial charge in [0, 0.05) is 25.2 Å². The van der Waals surface area contributed by atoms with E-state index in [1.807, 2.05) is 6.07 Å². The fraction of sp³-hybridized carbons (Fsp3) is 0.0833. The molecule has 0 saturated heterocycles. The number of nitrogens with zero attached hydrogens (tertiary/aromatic N) is 3. The van der Waals surface area contributed by atoms with Crippen molar-refractivity contribution in [3.63, 3.8) is 0 Å². The van der Waals surface area contributed by atoms with Gasteiger partial charge in [0.1, 0.15) is 0 Å². The van der Waals surface area contributed by atoms with Crippen molar-refractivity contribution in [2.45, 2.75) is 4.90 Å². The molecule has 0 spiro atoms. The summed E-state index contributed by atoms with van der Waals surface area (Å²) in [6, 6.07) is 21.6. The number of sulfonamides is 1. The van der Waals surface area contributed by atoms with Crippen molar-refractivity contribution in [2.24, 2.45) is 0 Å². The van der Waals surface area contributed by atoms with Gasteiger partial charge in [-0.1, -0.05) is 42.5 Å². The number of thiocarbonyl (C=S) groups is 1. The van der Waals surface area contributed by atoms with Gasteiger partial charge < -0.3 is 5.32 Å². The Morgan fingerprint density at radius 2 is 1.58 bits per heavy atom. The van der Waals surface area contributed by atoms with Gasteiger partial charge in [-0.05, 0) is 48.6 Å². The number of hydrazine groups is 1. The molecule has 10 nitrogen and oxygen atoms in total. The molecule has 4 rings (SSSR count). The quantitative estimate of drug-likeness (QED) is 0.269. The van der Waals surface area contributed by atoms with Crippen molar-refractivity contribution in [1.29, 1.82) is 0 Å². The number of carbonyl (C=O) groups is 1. The number of rotatable bonds is 5. The summed E-state index contributed by atoms with van der Waals surface area (Å²) in [7, 11) is -0.744. The fourth-order valence-corrected chi connectivity index (χ4v) is 4.50. The third kappa shape index (κ3) is 5.10. The Hall–Kier alpha value is -4.13. The van der Waals surface area contributed by atoms with Crippen LogP contribution in [0.5, 0.6) is 0 Å². The number of hydrogen-bond acceptors (Lipinski definition) is 6. The van der Waals surface area contributed by atoms with Crippen LogP contribution >= 0.6 is 12.2 Å². The molecule has 0 saturated carbocycles. The first-order valence-corrected chi connectivity index (χ1v) is 12.5. The molecule has 1 heterocycles. The van der Waals surface area contributed by atoms with Crippen LogP contribution in [-0.2, 0) is 10.0 Å². The molecule has 3 aromatic carbocycles. The number of carbonyl (C=O) groups excluding carboxylic acids is 1. The van der Waals surface area contributed by atoms with E-state index >= 15 is 0 Å². The Balaban J connectivity index is 1.55. The summed E-state index contributed by atoms with van der Waals surface area (Å²) >= 11 is 5.24. The van der Waals surface area contributed by atoms with Gasteiger partial charge in [-0.25, -0.2) is 12.7 Å². The molecule has 0 atom stereocenters. The highest BCUT2D eigenvalue weighted by molar-refractivity contribution is 7.89. The Morgan fingerprint density at radius 1 is 0.917 bits per heavy atom. The van der Waals surface area contributed by atoms with Crippen LogP contribution in [0.25, 0.3) is 16.5 Å². The fourth-order valence-electron chi connectivity index (χ4n) is 3.38. The van der Waals surface area contributed by atoms with E-state index in [4.69, 9.17) is 12.2 Å². The summed E-state index contributed by atoms with van der Waals surface area (Å²) in [4.78, 5) is 26.1. The van der Waals surface area contributed by atoms with Crippen LogP contribution in [0.2, 0.25) is 0 Å². The molecule has 0 aliphatic heterocycles. The van der Waals surface area contributed by atoms with Crippen molar-refractivity contribution in [3.8, 4) is 5.69 Å². The SMILES string of the molecule is CN(C)S(=O)(=O)c1cccc(NC(=S)NNC(=O)c2nn(-c3ccccc3)c(=O)c3ccccc23)c1. The Morgan fingerprint density at radius 3 is 2.28 bits per heavy atom. The van der Waals surface area contributed by atoms with Crippen LogP contribution in [0.15, 0.2) is 88.6 Å². The molecule has 0 radical (unpaired) electrons. The van der Waals surface area contributed by atoms with Gasteiger partial charge in [0.2, 0.25) is 10.0 Å². The maximum absolute atomic E-state index is 13.0. The van der Waals surface area contributed by atoms with E-state index in [-0.39, 0.29) is 21.3 Å². The third-order valence-corrected chi connectivity index (χ3v) is 7.20. The highest BCUT2D eigenvalue weighted by Gasteiger charge is 2.19. The van der Waals surface area contributed by atoms with Crippen molar-refractivity contribution >= 4 is 49.7 Å². The van der Waals surface area contributed by atoms with Gasteiger partial charge in [-0.3, -0.25) is 20.4 Å². The zero-order valence-corrected chi connectivity index (χ0v) is 20.9. The van der Waals surface area contributed by atoms with Crippen LogP contribution < -0.4 is 21.7 Å². The van der Waals surface area contributed by atoms with Crippen molar-refractivity contribution in [1.82, 2.24) is 24.9 Å². The maximum atomic E-state index is 13.0. The minimum absolute atomic E-state index is 0.0171. The van der Waals surface area contributed by atoms with Gasteiger partial charge in [-0.2, -0.15) is 9.78 Å². The molecule has 0 aliphatic carbocycles. The largest absolute Gasteiger partial charge is 0.331 e. The van der Waals surface area contributed by atoms with Crippen LogP contribution in [0.4, 0.5) is 5.69 Å². The molecule has 3 N–H and O–H groups in total. The first kappa shape index (κ1) is 25.0. The molecule has 36 heavy (non-hydrogen) atoms. The molecule has 0 fully saturated rings. The van der Waals surface area contributed by atoms with Crippen LogP contribution in [0.3, 0.4) is 0 Å². The van der Waals surface area contributed by atoms with Gasteiger partial charge in [0.15, 0.2) is 10.8 Å².